The van der Waals surface area contributed by atoms with Crippen molar-refractivity contribution in [1.29, 1.82) is 0 Å². The molecule has 100 valence electrons. The van der Waals surface area contributed by atoms with Crippen molar-refractivity contribution >= 4 is 0 Å². The predicted molar refractivity (Wildman–Crippen MR) is 71.3 cm³/mol. The minimum absolute atomic E-state index is 0.0206. The molecule has 1 aliphatic heterocycles. The number of methoxy groups -OCH3 is 1. The van der Waals surface area contributed by atoms with Gasteiger partial charge in [0.1, 0.15) is 0 Å². The van der Waals surface area contributed by atoms with Crippen LogP contribution in [-0.2, 0) is 4.74 Å². The SMILES string of the molecule is COC(C)(C)CN1CCNC2(CCCCC2)C1. The average molecular weight is 240 g/mol. The van der Waals surface area contributed by atoms with Crippen molar-refractivity contribution in [3.63, 3.8) is 0 Å². The van der Waals surface area contributed by atoms with Gasteiger partial charge in [-0.2, -0.15) is 0 Å². The van der Waals surface area contributed by atoms with Gasteiger partial charge in [0.15, 0.2) is 0 Å². The highest BCUT2D eigenvalue weighted by Crippen LogP contribution is 2.31. The van der Waals surface area contributed by atoms with E-state index < -0.39 is 0 Å². The van der Waals surface area contributed by atoms with E-state index in [0.29, 0.717) is 5.54 Å². The first-order chi connectivity index (χ1) is 8.05. The van der Waals surface area contributed by atoms with E-state index in [0.717, 1.165) is 19.6 Å². The molecule has 17 heavy (non-hydrogen) atoms. The maximum absolute atomic E-state index is 5.55. The number of hydrogen-bond donors (Lipinski definition) is 1. The molecule has 0 radical (unpaired) electrons. The van der Waals surface area contributed by atoms with E-state index in [2.05, 4.69) is 24.1 Å². The van der Waals surface area contributed by atoms with Crippen LogP contribution in [0.4, 0.5) is 0 Å². The Morgan fingerprint density at radius 2 is 1.94 bits per heavy atom. The van der Waals surface area contributed by atoms with Crippen LogP contribution in [0.2, 0.25) is 0 Å². The Morgan fingerprint density at radius 3 is 2.59 bits per heavy atom. The summed E-state index contributed by atoms with van der Waals surface area (Å²) in [5, 5.41) is 3.79. The summed E-state index contributed by atoms with van der Waals surface area (Å²) in [7, 11) is 1.82. The molecular weight excluding hydrogens is 212 g/mol. The largest absolute Gasteiger partial charge is 0.377 e. The summed E-state index contributed by atoms with van der Waals surface area (Å²) < 4.78 is 5.55. The van der Waals surface area contributed by atoms with Gasteiger partial charge in [-0.1, -0.05) is 19.3 Å². The highest BCUT2D eigenvalue weighted by Gasteiger charge is 2.37. The van der Waals surface area contributed by atoms with E-state index in [1.54, 1.807) is 0 Å². The molecule has 0 amide bonds. The van der Waals surface area contributed by atoms with Gasteiger partial charge in [-0.3, -0.25) is 4.90 Å². The standard InChI is InChI=1S/C14H28N2O/c1-13(2,17-3)11-16-10-9-15-14(12-16)7-5-4-6-8-14/h15H,4-12H2,1-3H3. The van der Waals surface area contributed by atoms with Gasteiger partial charge < -0.3 is 10.1 Å². The molecule has 1 heterocycles. The van der Waals surface area contributed by atoms with Crippen LogP contribution in [0.3, 0.4) is 0 Å². The molecule has 3 heteroatoms. The number of nitrogens with one attached hydrogen (secondary N) is 1. The summed E-state index contributed by atoms with van der Waals surface area (Å²) in [6, 6.07) is 0. The van der Waals surface area contributed by atoms with Crippen molar-refractivity contribution in [2.75, 3.05) is 33.3 Å². The Kier molecular flexibility index (Phi) is 4.11. The fraction of sp³-hybridized carbons (Fsp3) is 1.00. The van der Waals surface area contributed by atoms with Crippen molar-refractivity contribution < 1.29 is 4.74 Å². The second-order valence-electron chi connectivity index (χ2n) is 6.44. The number of piperazine rings is 1. The lowest BCUT2D eigenvalue weighted by Gasteiger charge is -2.47. The highest BCUT2D eigenvalue weighted by molar-refractivity contribution is 4.97. The van der Waals surface area contributed by atoms with E-state index in [4.69, 9.17) is 4.74 Å². The zero-order valence-corrected chi connectivity index (χ0v) is 11.7. The van der Waals surface area contributed by atoms with Crippen LogP contribution in [0, 0.1) is 0 Å². The van der Waals surface area contributed by atoms with E-state index >= 15 is 0 Å². The first-order valence-corrected chi connectivity index (χ1v) is 7.08. The first kappa shape index (κ1) is 13.3. The molecule has 2 aliphatic rings. The molecule has 2 fully saturated rings. The van der Waals surface area contributed by atoms with Gasteiger partial charge in [-0.05, 0) is 26.7 Å². The summed E-state index contributed by atoms with van der Waals surface area (Å²) >= 11 is 0. The summed E-state index contributed by atoms with van der Waals surface area (Å²) in [5.74, 6) is 0. The Labute approximate surface area is 106 Å². The zero-order valence-electron chi connectivity index (χ0n) is 11.7. The van der Waals surface area contributed by atoms with E-state index in [1.165, 1.54) is 38.6 Å². The molecule has 0 aromatic rings. The molecule has 1 saturated carbocycles. The molecule has 1 spiro atoms. The Bertz CT molecular complexity index is 241. The van der Waals surface area contributed by atoms with Crippen LogP contribution < -0.4 is 5.32 Å². The van der Waals surface area contributed by atoms with Crippen LogP contribution >= 0.6 is 0 Å². The third-order valence-corrected chi connectivity index (χ3v) is 4.42. The number of ether oxygens (including phenoxy) is 1. The zero-order chi connectivity index (χ0) is 12.4. The molecule has 0 atom stereocenters. The molecular formula is C14H28N2O. The Hall–Kier alpha value is -0.120. The van der Waals surface area contributed by atoms with Crippen molar-refractivity contribution in [3.8, 4) is 0 Å². The third kappa shape index (κ3) is 3.43. The van der Waals surface area contributed by atoms with Gasteiger partial charge in [-0.25, -0.2) is 0 Å². The van der Waals surface area contributed by atoms with E-state index in [1.807, 2.05) is 7.11 Å². The normalized spacial score (nSPS) is 26.3. The van der Waals surface area contributed by atoms with Gasteiger partial charge in [0.2, 0.25) is 0 Å². The lowest BCUT2D eigenvalue weighted by atomic mass is 9.80. The highest BCUT2D eigenvalue weighted by atomic mass is 16.5. The van der Waals surface area contributed by atoms with Crippen LogP contribution in [-0.4, -0.2) is 49.3 Å². The van der Waals surface area contributed by atoms with Gasteiger partial charge in [0, 0.05) is 38.8 Å². The van der Waals surface area contributed by atoms with E-state index in [-0.39, 0.29) is 5.60 Å². The van der Waals surface area contributed by atoms with Crippen molar-refractivity contribution in [1.82, 2.24) is 10.2 Å². The molecule has 3 nitrogen and oxygen atoms in total. The van der Waals surface area contributed by atoms with Crippen molar-refractivity contribution in [3.05, 3.63) is 0 Å². The minimum atomic E-state index is -0.0206. The number of rotatable bonds is 3. The summed E-state index contributed by atoms with van der Waals surface area (Å²) in [5.41, 5.74) is 0.396. The Morgan fingerprint density at radius 1 is 1.24 bits per heavy atom. The van der Waals surface area contributed by atoms with Crippen LogP contribution in [0.25, 0.3) is 0 Å². The van der Waals surface area contributed by atoms with Crippen LogP contribution in [0.5, 0.6) is 0 Å². The fourth-order valence-electron chi connectivity index (χ4n) is 3.34. The van der Waals surface area contributed by atoms with Gasteiger partial charge in [0.05, 0.1) is 5.60 Å². The third-order valence-electron chi connectivity index (χ3n) is 4.42. The van der Waals surface area contributed by atoms with Crippen molar-refractivity contribution in [2.45, 2.75) is 57.1 Å². The molecule has 0 bridgehead atoms. The smallest absolute Gasteiger partial charge is 0.0749 e. The summed E-state index contributed by atoms with van der Waals surface area (Å²) in [4.78, 5) is 2.59. The molecule has 0 unspecified atom stereocenters. The molecule has 0 aromatic carbocycles. The average Bonchev–Trinajstić information content (AvgIpc) is 2.29. The minimum Gasteiger partial charge on any atom is -0.377 e. The van der Waals surface area contributed by atoms with Gasteiger partial charge in [0.25, 0.3) is 0 Å². The van der Waals surface area contributed by atoms with Gasteiger partial charge in [-0.15, -0.1) is 0 Å². The number of nitrogens with zero attached hydrogens (tertiary/aromatic N) is 1. The quantitative estimate of drug-likeness (QED) is 0.817. The maximum Gasteiger partial charge on any atom is 0.0749 e. The lowest BCUT2D eigenvalue weighted by molar-refractivity contribution is -0.0238. The second kappa shape index (κ2) is 5.25. The summed E-state index contributed by atoms with van der Waals surface area (Å²) in [6.45, 7) is 8.92. The fourth-order valence-corrected chi connectivity index (χ4v) is 3.34. The predicted octanol–water partition coefficient (Wildman–Crippen LogP) is 2.02. The molecule has 0 aromatic heterocycles. The maximum atomic E-state index is 5.55. The van der Waals surface area contributed by atoms with Crippen molar-refractivity contribution in [2.24, 2.45) is 0 Å². The monoisotopic (exact) mass is 240 g/mol. The topological polar surface area (TPSA) is 24.5 Å². The van der Waals surface area contributed by atoms with Crippen LogP contribution in [0.15, 0.2) is 0 Å². The summed E-state index contributed by atoms with van der Waals surface area (Å²) in [6.07, 6.45) is 6.93. The molecule has 1 saturated heterocycles. The van der Waals surface area contributed by atoms with Crippen LogP contribution in [0.1, 0.15) is 46.0 Å². The second-order valence-corrected chi connectivity index (χ2v) is 6.44. The van der Waals surface area contributed by atoms with E-state index in [9.17, 15) is 0 Å². The molecule has 1 aliphatic carbocycles. The number of hydrogen-bond acceptors (Lipinski definition) is 3. The first-order valence-electron chi connectivity index (χ1n) is 7.08. The Balaban J connectivity index is 1.92. The van der Waals surface area contributed by atoms with Gasteiger partial charge >= 0.3 is 0 Å². The lowest BCUT2D eigenvalue weighted by Crippen LogP contribution is -2.62. The molecule has 1 N–H and O–H groups in total. The molecule has 2 rings (SSSR count).